The fraction of sp³-hybridized carbons (Fsp3) is 0.320. The van der Waals surface area contributed by atoms with Gasteiger partial charge in [0.25, 0.3) is 0 Å². The van der Waals surface area contributed by atoms with Crippen LogP contribution in [0.4, 0.5) is 0 Å². The van der Waals surface area contributed by atoms with Gasteiger partial charge in [0.2, 0.25) is 11.8 Å². The zero-order valence-corrected chi connectivity index (χ0v) is 16.6. The number of fused-ring (bicyclic) bond motifs is 5. The van der Waals surface area contributed by atoms with Gasteiger partial charge >= 0.3 is 0 Å². The molecular formula is C25H23NO3. The maximum absolute atomic E-state index is 14.2. The van der Waals surface area contributed by atoms with Gasteiger partial charge in [-0.1, -0.05) is 74.5 Å². The second-order valence-electron chi connectivity index (χ2n) is 8.27. The predicted molar refractivity (Wildman–Crippen MR) is 110 cm³/mol. The van der Waals surface area contributed by atoms with Gasteiger partial charge in [-0.3, -0.25) is 19.7 Å². The molecule has 1 N–H and O–H groups in total. The van der Waals surface area contributed by atoms with E-state index in [0.29, 0.717) is 12.8 Å². The van der Waals surface area contributed by atoms with Gasteiger partial charge in [-0.25, -0.2) is 0 Å². The molecule has 2 aromatic carbocycles. The number of rotatable bonds is 4. The first-order valence-corrected chi connectivity index (χ1v) is 10.3. The molecule has 1 saturated heterocycles. The van der Waals surface area contributed by atoms with E-state index in [0.717, 1.165) is 22.3 Å². The van der Waals surface area contributed by atoms with Gasteiger partial charge in [-0.05, 0) is 35.1 Å². The van der Waals surface area contributed by atoms with Gasteiger partial charge in [-0.2, -0.15) is 0 Å². The van der Waals surface area contributed by atoms with Crippen LogP contribution < -0.4 is 5.32 Å². The molecule has 2 aliphatic carbocycles. The van der Waals surface area contributed by atoms with E-state index < -0.39 is 22.7 Å². The molecule has 0 aromatic heterocycles. The van der Waals surface area contributed by atoms with Crippen LogP contribution in [0.1, 0.15) is 37.8 Å². The first kappa shape index (κ1) is 18.0. The van der Waals surface area contributed by atoms with Crippen LogP contribution in [0.3, 0.4) is 0 Å². The number of carbonyl (C=O) groups is 3. The SMILES string of the molecule is CCC12C(=O)C(CC)(C(c3ccccc3)=C1c1ccccc1)C1C(=O)NC(=O)C12. The molecule has 4 atom stereocenters. The van der Waals surface area contributed by atoms with E-state index in [1.54, 1.807) is 0 Å². The van der Waals surface area contributed by atoms with Crippen LogP contribution in [0.5, 0.6) is 0 Å². The van der Waals surface area contributed by atoms with Crippen molar-refractivity contribution in [2.75, 3.05) is 0 Å². The summed E-state index contributed by atoms with van der Waals surface area (Å²) >= 11 is 0. The molecule has 4 heteroatoms. The van der Waals surface area contributed by atoms with Crippen LogP contribution in [0.25, 0.3) is 11.1 Å². The molecule has 1 aliphatic heterocycles. The molecular weight excluding hydrogens is 362 g/mol. The lowest BCUT2D eigenvalue weighted by Crippen LogP contribution is -2.39. The van der Waals surface area contributed by atoms with Crippen molar-refractivity contribution < 1.29 is 14.4 Å². The molecule has 4 nitrogen and oxygen atoms in total. The molecule has 2 bridgehead atoms. The first-order chi connectivity index (χ1) is 14.0. The number of imide groups is 1. The summed E-state index contributed by atoms with van der Waals surface area (Å²) in [4.78, 5) is 40.0. The van der Waals surface area contributed by atoms with Gasteiger partial charge in [0.05, 0.1) is 22.7 Å². The fourth-order valence-corrected chi connectivity index (χ4v) is 6.39. The quantitative estimate of drug-likeness (QED) is 0.813. The lowest BCUT2D eigenvalue weighted by Gasteiger charge is -2.38. The third-order valence-corrected chi connectivity index (χ3v) is 7.40. The Morgan fingerprint density at radius 2 is 1.07 bits per heavy atom. The summed E-state index contributed by atoms with van der Waals surface area (Å²) < 4.78 is 0. The Morgan fingerprint density at radius 1 is 0.690 bits per heavy atom. The molecule has 29 heavy (non-hydrogen) atoms. The van der Waals surface area contributed by atoms with Crippen molar-refractivity contribution in [3.63, 3.8) is 0 Å². The van der Waals surface area contributed by atoms with Crippen molar-refractivity contribution in [3.05, 3.63) is 71.8 Å². The average Bonchev–Trinajstić information content (AvgIpc) is 3.28. The van der Waals surface area contributed by atoms with Gasteiger partial charge in [-0.15, -0.1) is 0 Å². The Balaban J connectivity index is 1.95. The first-order valence-electron chi connectivity index (χ1n) is 10.3. The minimum absolute atomic E-state index is 0.0471. The molecule has 0 spiro atoms. The molecule has 2 amide bonds. The zero-order valence-electron chi connectivity index (χ0n) is 16.6. The highest BCUT2D eigenvalue weighted by atomic mass is 16.2. The van der Waals surface area contributed by atoms with E-state index in [4.69, 9.17) is 0 Å². The van der Waals surface area contributed by atoms with Crippen LogP contribution in [0, 0.1) is 22.7 Å². The molecule has 4 unspecified atom stereocenters. The van der Waals surface area contributed by atoms with Gasteiger partial charge < -0.3 is 0 Å². The number of hydrogen-bond acceptors (Lipinski definition) is 3. The summed E-state index contributed by atoms with van der Waals surface area (Å²) in [6.45, 7) is 3.93. The van der Waals surface area contributed by atoms with Crippen molar-refractivity contribution in [3.8, 4) is 0 Å². The third-order valence-electron chi connectivity index (χ3n) is 7.40. The monoisotopic (exact) mass is 385 g/mol. The number of allylic oxidation sites excluding steroid dienone is 2. The summed E-state index contributed by atoms with van der Waals surface area (Å²) in [7, 11) is 0. The minimum Gasteiger partial charge on any atom is -0.298 e. The largest absolute Gasteiger partial charge is 0.298 e. The van der Waals surface area contributed by atoms with E-state index in [1.807, 2.05) is 74.5 Å². The Bertz CT molecular complexity index is 988. The topological polar surface area (TPSA) is 63.2 Å². The van der Waals surface area contributed by atoms with Crippen molar-refractivity contribution in [1.29, 1.82) is 0 Å². The Hall–Kier alpha value is -3.01. The zero-order chi connectivity index (χ0) is 20.4. The highest BCUT2D eigenvalue weighted by Gasteiger charge is 2.79. The van der Waals surface area contributed by atoms with Crippen LogP contribution in [0.15, 0.2) is 60.7 Å². The highest BCUT2D eigenvalue weighted by Crippen LogP contribution is 2.74. The number of hydrogen-bond donors (Lipinski definition) is 1. The lowest BCUT2D eigenvalue weighted by atomic mass is 9.60. The number of carbonyl (C=O) groups excluding carboxylic acids is 3. The molecule has 1 heterocycles. The lowest BCUT2D eigenvalue weighted by molar-refractivity contribution is -0.136. The standard InChI is InChI=1S/C25H23NO3/c1-3-24-17(15-11-7-5-8-12-15)18(16-13-9-6-10-14-16)25(4-2,23(24)29)20-19(24)21(27)26-22(20)28/h5-14,19-20H,3-4H2,1-2H3,(H,26,27,28). The van der Waals surface area contributed by atoms with Crippen LogP contribution >= 0.6 is 0 Å². The van der Waals surface area contributed by atoms with Crippen LogP contribution in [0.2, 0.25) is 0 Å². The fourth-order valence-electron chi connectivity index (χ4n) is 6.39. The molecule has 1 saturated carbocycles. The summed E-state index contributed by atoms with van der Waals surface area (Å²) in [6, 6.07) is 19.8. The Labute approximate surface area is 170 Å². The number of Topliss-reactive ketones (excluding diaryl/α,β-unsaturated/α-hetero) is 1. The Morgan fingerprint density at radius 3 is 1.41 bits per heavy atom. The van der Waals surface area contributed by atoms with Crippen molar-refractivity contribution >= 4 is 28.7 Å². The number of amides is 2. The van der Waals surface area contributed by atoms with E-state index in [2.05, 4.69) is 5.32 Å². The average molecular weight is 385 g/mol. The molecule has 3 aliphatic rings. The maximum Gasteiger partial charge on any atom is 0.231 e. The van der Waals surface area contributed by atoms with Crippen molar-refractivity contribution in [1.82, 2.24) is 5.32 Å². The highest BCUT2D eigenvalue weighted by molar-refractivity contribution is 6.29. The van der Waals surface area contributed by atoms with E-state index in [-0.39, 0.29) is 17.6 Å². The van der Waals surface area contributed by atoms with E-state index in [9.17, 15) is 14.4 Å². The Kier molecular flexibility index (Phi) is 3.73. The number of nitrogens with one attached hydrogen (secondary N) is 1. The summed E-state index contributed by atoms with van der Waals surface area (Å²) in [6.07, 6.45) is 0.992. The summed E-state index contributed by atoms with van der Waals surface area (Å²) in [5.74, 6) is -1.81. The molecule has 0 radical (unpaired) electrons. The van der Waals surface area contributed by atoms with Crippen LogP contribution in [-0.2, 0) is 14.4 Å². The summed E-state index contributed by atoms with van der Waals surface area (Å²) in [5, 5.41) is 2.55. The molecule has 2 fully saturated rings. The maximum atomic E-state index is 14.2. The second kappa shape index (κ2) is 5.99. The van der Waals surface area contributed by atoms with Gasteiger partial charge in [0.15, 0.2) is 5.78 Å². The molecule has 2 aromatic rings. The molecule has 5 rings (SSSR count). The van der Waals surface area contributed by atoms with Gasteiger partial charge in [0, 0.05) is 0 Å². The van der Waals surface area contributed by atoms with Gasteiger partial charge in [0.1, 0.15) is 0 Å². The normalized spacial score (nSPS) is 32.7. The van der Waals surface area contributed by atoms with E-state index in [1.165, 1.54) is 0 Å². The van der Waals surface area contributed by atoms with E-state index >= 15 is 0 Å². The predicted octanol–water partition coefficient (Wildman–Crippen LogP) is 3.88. The minimum atomic E-state index is -0.969. The molecule has 146 valence electrons. The smallest absolute Gasteiger partial charge is 0.231 e. The van der Waals surface area contributed by atoms with Crippen molar-refractivity contribution in [2.24, 2.45) is 22.7 Å². The number of benzene rings is 2. The van der Waals surface area contributed by atoms with Crippen LogP contribution in [-0.4, -0.2) is 17.6 Å². The third kappa shape index (κ3) is 1.92. The second-order valence-corrected chi connectivity index (χ2v) is 8.27. The number of ketones is 1. The summed E-state index contributed by atoms with van der Waals surface area (Å²) in [5.41, 5.74) is 1.85. The van der Waals surface area contributed by atoms with Crippen molar-refractivity contribution in [2.45, 2.75) is 26.7 Å².